The van der Waals surface area contributed by atoms with Crippen molar-refractivity contribution < 1.29 is 4.74 Å². The third-order valence-electron chi connectivity index (χ3n) is 4.21. The number of aryl methyl sites for hydroxylation is 2. The van der Waals surface area contributed by atoms with E-state index in [4.69, 9.17) is 10.5 Å². The van der Waals surface area contributed by atoms with Gasteiger partial charge in [-0.1, -0.05) is 0 Å². The molecule has 0 aliphatic carbocycles. The Bertz CT molecular complexity index is 1040. The summed E-state index contributed by atoms with van der Waals surface area (Å²) in [5.41, 5.74) is 10.1. The number of anilines is 5. The highest BCUT2D eigenvalue weighted by Gasteiger charge is 2.12. The van der Waals surface area contributed by atoms with Gasteiger partial charge in [0.05, 0.1) is 12.3 Å². The average Bonchev–Trinajstić information content (AvgIpc) is 2.67. The molecule has 0 aliphatic heterocycles. The second-order valence-corrected chi connectivity index (χ2v) is 6.50. The van der Waals surface area contributed by atoms with Gasteiger partial charge in [-0.2, -0.15) is 10.2 Å². The second-order valence-electron chi connectivity index (χ2n) is 6.50. The summed E-state index contributed by atoms with van der Waals surface area (Å²) < 4.78 is 5.43. The van der Waals surface area contributed by atoms with Crippen molar-refractivity contribution in [3.63, 3.8) is 0 Å². The lowest BCUT2D eigenvalue weighted by molar-refractivity contribution is 0.326. The first-order valence-corrected chi connectivity index (χ1v) is 9.17. The van der Waals surface area contributed by atoms with Crippen molar-refractivity contribution in [1.29, 1.82) is 5.26 Å². The molecule has 0 atom stereocenters. The third kappa shape index (κ3) is 4.52. The number of nitrogen functional groups attached to an aromatic ring is 1. The van der Waals surface area contributed by atoms with Crippen LogP contribution in [0.25, 0.3) is 0 Å². The summed E-state index contributed by atoms with van der Waals surface area (Å²) in [5, 5.41) is 12.4. The van der Waals surface area contributed by atoms with Crippen LogP contribution in [0.1, 0.15) is 23.9 Å². The predicted octanol–water partition coefficient (Wildman–Crippen LogP) is 3.85. The summed E-state index contributed by atoms with van der Waals surface area (Å²) in [6.07, 6.45) is 0. The van der Waals surface area contributed by atoms with Gasteiger partial charge >= 0.3 is 0 Å². The number of rotatable bonds is 6. The van der Waals surface area contributed by atoms with Gasteiger partial charge in [0.15, 0.2) is 0 Å². The van der Waals surface area contributed by atoms with Crippen LogP contribution in [0.15, 0.2) is 36.4 Å². The maximum absolute atomic E-state index is 9.23. The normalized spacial score (nSPS) is 10.3. The van der Waals surface area contributed by atoms with E-state index in [1.165, 1.54) is 0 Å². The Balaban J connectivity index is 1.81. The molecule has 0 saturated heterocycles. The highest BCUT2D eigenvalue weighted by atomic mass is 16.5. The highest BCUT2D eigenvalue weighted by molar-refractivity contribution is 5.69. The maximum Gasteiger partial charge on any atom is 0.235 e. The van der Waals surface area contributed by atoms with Gasteiger partial charge in [0, 0.05) is 35.9 Å². The Morgan fingerprint density at radius 2 is 1.76 bits per heavy atom. The largest absolute Gasteiger partial charge is 0.477 e. The Morgan fingerprint density at radius 3 is 2.34 bits per heavy atom. The van der Waals surface area contributed by atoms with Crippen molar-refractivity contribution in [2.75, 3.05) is 29.6 Å². The molecule has 0 saturated carbocycles. The smallest absolute Gasteiger partial charge is 0.235 e. The molecular formula is C21H23N7O. The molecule has 0 unspecified atom stereocenters. The highest BCUT2D eigenvalue weighted by Crippen LogP contribution is 2.28. The fourth-order valence-electron chi connectivity index (χ4n) is 2.85. The van der Waals surface area contributed by atoms with Crippen molar-refractivity contribution in [3.05, 3.63) is 53.3 Å². The Morgan fingerprint density at radius 1 is 1.10 bits per heavy atom. The first kappa shape index (κ1) is 19.9. The second kappa shape index (κ2) is 8.44. The van der Waals surface area contributed by atoms with Crippen molar-refractivity contribution >= 4 is 28.8 Å². The van der Waals surface area contributed by atoms with Crippen LogP contribution in [-0.2, 0) is 0 Å². The molecule has 8 heteroatoms. The van der Waals surface area contributed by atoms with Crippen molar-refractivity contribution in [1.82, 2.24) is 15.0 Å². The molecule has 0 amide bonds. The first-order chi connectivity index (χ1) is 13.9. The number of hydrogen-bond donors (Lipinski definition) is 2. The van der Waals surface area contributed by atoms with Gasteiger partial charge in [0.25, 0.3) is 0 Å². The molecule has 0 radical (unpaired) electrons. The Hall–Kier alpha value is -3.86. The van der Waals surface area contributed by atoms with Gasteiger partial charge in [-0.3, -0.25) is 0 Å². The summed E-state index contributed by atoms with van der Waals surface area (Å²) in [7, 11) is 1.92. The fourth-order valence-corrected chi connectivity index (χ4v) is 2.85. The molecule has 2 heterocycles. The van der Waals surface area contributed by atoms with Crippen LogP contribution in [0.2, 0.25) is 0 Å². The van der Waals surface area contributed by atoms with E-state index in [1.54, 1.807) is 6.07 Å². The fraction of sp³-hybridized carbons (Fsp3) is 0.238. The monoisotopic (exact) mass is 389 g/mol. The minimum absolute atomic E-state index is 0.223. The van der Waals surface area contributed by atoms with E-state index in [2.05, 4.69) is 20.3 Å². The van der Waals surface area contributed by atoms with Gasteiger partial charge in [-0.15, -0.1) is 0 Å². The lowest BCUT2D eigenvalue weighted by atomic mass is 10.2. The predicted molar refractivity (Wildman–Crippen MR) is 114 cm³/mol. The molecule has 3 aromatic rings. The first-order valence-electron chi connectivity index (χ1n) is 9.17. The number of pyridine rings is 1. The molecular weight excluding hydrogens is 366 g/mol. The quantitative estimate of drug-likeness (QED) is 0.653. The van der Waals surface area contributed by atoms with Crippen molar-refractivity contribution in [2.24, 2.45) is 0 Å². The summed E-state index contributed by atoms with van der Waals surface area (Å²) in [6.45, 7) is 6.12. The van der Waals surface area contributed by atoms with Crippen LogP contribution in [0.4, 0.5) is 28.8 Å². The molecule has 0 spiro atoms. The van der Waals surface area contributed by atoms with E-state index in [-0.39, 0.29) is 11.4 Å². The minimum Gasteiger partial charge on any atom is -0.477 e. The van der Waals surface area contributed by atoms with E-state index < -0.39 is 0 Å². The summed E-state index contributed by atoms with van der Waals surface area (Å²) in [4.78, 5) is 15.3. The van der Waals surface area contributed by atoms with Crippen molar-refractivity contribution in [2.45, 2.75) is 20.8 Å². The Labute approximate surface area is 170 Å². The lowest BCUT2D eigenvalue weighted by Crippen LogP contribution is -2.14. The number of nitrogens with one attached hydrogen (secondary N) is 1. The van der Waals surface area contributed by atoms with Crippen LogP contribution in [0.5, 0.6) is 5.88 Å². The summed E-state index contributed by atoms with van der Waals surface area (Å²) >= 11 is 0. The maximum atomic E-state index is 9.23. The van der Waals surface area contributed by atoms with Crippen LogP contribution in [0.3, 0.4) is 0 Å². The molecule has 3 N–H and O–H groups in total. The lowest BCUT2D eigenvalue weighted by Gasteiger charge is -2.18. The number of aromatic nitrogens is 3. The number of nitrogens with zero attached hydrogens (tertiary/aromatic N) is 5. The number of benzene rings is 1. The van der Waals surface area contributed by atoms with Crippen LogP contribution in [0, 0.1) is 25.2 Å². The molecule has 2 aromatic heterocycles. The van der Waals surface area contributed by atoms with E-state index in [0.29, 0.717) is 24.1 Å². The topological polar surface area (TPSA) is 113 Å². The van der Waals surface area contributed by atoms with E-state index in [1.807, 2.05) is 69.1 Å². The number of ether oxygens (including phenoxy) is 1. The third-order valence-corrected chi connectivity index (χ3v) is 4.21. The standard InChI is InChI=1S/C21H23N7O/c1-5-29-20-17(12-22)18(23)11-19(27-20)26-15-6-8-16(9-7-15)28(4)21-24-13(2)10-14(3)25-21/h6-11H,5H2,1-4H3,(H3,23,26,27). The van der Waals surface area contributed by atoms with E-state index in [0.717, 1.165) is 22.8 Å². The zero-order valence-corrected chi connectivity index (χ0v) is 16.9. The molecule has 29 heavy (non-hydrogen) atoms. The van der Waals surface area contributed by atoms with Gasteiger partial charge in [0.1, 0.15) is 17.5 Å². The molecule has 0 fully saturated rings. The summed E-state index contributed by atoms with van der Waals surface area (Å²) in [5.74, 6) is 1.37. The van der Waals surface area contributed by atoms with E-state index >= 15 is 0 Å². The molecule has 1 aromatic carbocycles. The molecule has 0 bridgehead atoms. The van der Waals surface area contributed by atoms with Crippen LogP contribution in [-0.4, -0.2) is 28.6 Å². The zero-order chi connectivity index (χ0) is 21.0. The molecule has 148 valence electrons. The molecule has 3 rings (SSSR count). The number of nitriles is 1. The van der Waals surface area contributed by atoms with E-state index in [9.17, 15) is 5.26 Å². The SMILES string of the molecule is CCOc1nc(Nc2ccc(N(C)c3nc(C)cc(C)n3)cc2)cc(N)c1C#N. The van der Waals surface area contributed by atoms with Gasteiger partial charge in [0.2, 0.25) is 11.8 Å². The summed E-state index contributed by atoms with van der Waals surface area (Å²) in [6, 6.07) is 13.3. The molecule has 8 nitrogen and oxygen atoms in total. The van der Waals surface area contributed by atoms with Crippen molar-refractivity contribution in [3.8, 4) is 11.9 Å². The van der Waals surface area contributed by atoms with Gasteiger partial charge in [-0.25, -0.2) is 9.97 Å². The van der Waals surface area contributed by atoms with Crippen LogP contribution < -0.4 is 20.7 Å². The number of nitrogens with two attached hydrogens (primary N) is 1. The van der Waals surface area contributed by atoms with Crippen LogP contribution >= 0.6 is 0 Å². The zero-order valence-electron chi connectivity index (χ0n) is 16.9. The molecule has 0 aliphatic rings. The average molecular weight is 389 g/mol. The minimum atomic E-state index is 0.223. The number of hydrogen-bond acceptors (Lipinski definition) is 8. The Kier molecular flexibility index (Phi) is 5.79. The van der Waals surface area contributed by atoms with Gasteiger partial charge < -0.3 is 20.7 Å². The van der Waals surface area contributed by atoms with Gasteiger partial charge in [-0.05, 0) is 51.1 Å².